The summed E-state index contributed by atoms with van der Waals surface area (Å²) in [4.78, 5) is 0. The molecule has 0 heterocycles. The summed E-state index contributed by atoms with van der Waals surface area (Å²) in [6.07, 6.45) is 0. The van der Waals surface area contributed by atoms with E-state index in [0.717, 1.165) is 9.44 Å². The van der Waals surface area contributed by atoms with Crippen LogP contribution in [0.1, 0.15) is 0 Å². The molecule has 0 radical (unpaired) electrons. The van der Waals surface area contributed by atoms with E-state index < -0.39 is 44.2 Å². The molecular weight excluding hydrogens is 318 g/mol. The number of nitrogens with one attached hydrogen (secondary N) is 2. The van der Waals surface area contributed by atoms with Crippen LogP contribution in [0.5, 0.6) is 0 Å². The Morgan fingerprint density at radius 3 is 1.06 bits per heavy atom. The van der Waals surface area contributed by atoms with E-state index in [1.165, 1.54) is 0 Å². The first-order chi connectivity index (χ1) is 7.71. The molecular formula is C4H6F6N2O4S2. The van der Waals surface area contributed by atoms with Gasteiger partial charge in [0, 0.05) is 13.1 Å². The fourth-order valence-corrected chi connectivity index (χ4v) is 1.60. The van der Waals surface area contributed by atoms with Crippen LogP contribution >= 0.6 is 0 Å². The zero-order valence-corrected chi connectivity index (χ0v) is 9.76. The smallest absolute Gasteiger partial charge is 0.206 e. The van der Waals surface area contributed by atoms with Crippen LogP contribution in [-0.4, -0.2) is 40.9 Å². The van der Waals surface area contributed by atoms with Crippen molar-refractivity contribution in [3.8, 4) is 0 Å². The van der Waals surface area contributed by atoms with Crippen molar-refractivity contribution in [3.63, 3.8) is 0 Å². The third-order valence-electron chi connectivity index (χ3n) is 1.32. The number of hydrogen-bond acceptors (Lipinski definition) is 4. The maximum Gasteiger partial charge on any atom is 0.511 e. The fourth-order valence-electron chi connectivity index (χ4n) is 0.534. The molecule has 0 bridgehead atoms. The van der Waals surface area contributed by atoms with Gasteiger partial charge in [-0.05, 0) is 0 Å². The Kier molecular flexibility index (Phi) is 5.01. The van der Waals surface area contributed by atoms with Crippen molar-refractivity contribution in [2.75, 3.05) is 13.1 Å². The molecule has 0 saturated heterocycles. The van der Waals surface area contributed by atoms with Crippen molar-refractivity contribution >= 4 is 20.0 Å². The minimum atomic E-state index is -5.72. The van der Waals surface area contributed by atoms with Gasteiger partial charge in [-0.15, -0.1) is 0 Å². The number of halogens is 6. The Bertz CT molecular complexity index is 431. The Balaban J connectivity index is 4.36. The summed E-state index contributed by atoms with van der Waals surface area (Å²) < 4.78 is 113. The van der Waals surface area contributed by atoms with Gasteiger partial charge in [0.15, 0.2) is 0 Å². The van der Waals surface area contributed by atoms with Crippen LogP contribution in [0, 0.1) is 0 Å². The summed E-state index contributed by atoms with van der Waals surface area (Å²) in [6, 6.07) is 0. The molecule has 0 unspecified atom stereocenters. The molecule has 18 heavy (non-hydrogen) atoms. The average Bonchev–Trinajstić information content (AvgIpc) is 2.08. The first-order valence-corrected chi connectivity index (χ1v) is 6.79. The van der Waals surface area contributed by atoms with Crippen LogP contribution in [0.3, 0.4) is 0 Å². The maximum absolute atomic E-state index is 11.7. The lowest BCUT2D eigenvalue weighted by Gasteiger charge is -2.11. The molecule has 6 nitrogen and oxygen atoms in total. The third kappa shape index (κ3) is 4.58. The Hall–Kier alpha value is -0.600. The van der Waals surface area contributed by atoms with Gasteiger partial charge in [0.1, 0.15) is 0 Å². The molecule has 0 aromatic carbocycles. The first kappa shape index (κ1) is 17.4. The zero-order valence-electron chi connectivity index (χ0n) is 8.13. The van der Waals surface area contributed by atoms with Gasteiger partial charge in [0.05, 0.1) is 0 Å². The van der Waals surface area contributed by atoms with Crippen molar-refractivity contribution in [2.45, 2.75) is 11.0 Å². The molecule has 0 amide bonds. The summed E-state index contributed by atoms with van der Waals surface area (Å²) in [7, 11) is -11.4. The van der Waals surface area contributed by atoms with Gasteiger partial charge in [0.2, 0.25) is 0 Å². The van der Waals surface area contributed by atoms with Gasteiger partial charge in [-0.3, -0.25) is 0 Å². The van der Waals surface area contributed by atoms with E-state index in [-0.39, 0.29) is 0 Å². The minimum absolute atomic E-state index is 0.876. The van der Waals surface area contributed by atoms with Crippen LogP contribution in [0.4, 0.5) is 26.3 Å². The van der Waals surface area contributed by atoms with Crippen molar-refractivity contribution in [3.05, 3.63) is 0 Å². The minimum Gasteiger partial charge on any atom is -0.206 e. The third-order valence-corrected chi connectivity index (χ3v) is 3.71. The summed E-state index contributed by atoms with van der Waals surface area (Å²) in [5, 5.41) is 0. The van der Waals surface area contributed by atoms with Crippen molar-refractivity contribution < 1.29 is 43.2 Å². The summed E-state index contributed by atoms with van der Waals surface area (Å²) in [5.41, 5.74) is -11.3. The lowest BCUT2D eigenvalue weighted by molar-refractivity contribution is -0.0457. The molecule has 0 aromatic rings. The predicted molar refractivity (Wildman–Crippen MR) is 46.0 cm³/mol. The van der Waals surface area contributed by atoms with Gasteiger partial charge >= 0.3 is 31.1 Å². The quantitative estimate of drug-likeness (QED) is 0.544. The topological polar surface area (TPSA) is 92.3 Å². The molecule has 14 heteroatoms. The summed E-state index contributed by atoms with van der Waals surface area (Å²) in [5.74, 6) is 0. The number of rotatable bonds is 5. The predicted octanol–water partition coefficient (Wildman–Crippen LogP) is -0.135. The van der Waals surface area contributed by atoms with E-state index in [4.69, 9.17) is 0 Å². The van der Waals surface area contributed by atoms with Gasteiger partial charge < -0.3 is 0 Å². The van der Waals surface area contributed by atoms with E-state index in [1.807, 2.05) is 0 Å². The van der Waals surface area contributed by atoms with Crippen molar-refractivity contribution in [1.29, 1.82) is 0 Å². The maximum atomic E-state index is 11.7. The second kappa shape index (κ2) is 5.18. The van der Waals surface area contributed by atoms with Crippen molar-refractivity contribution in [2.24, 2.45) is 0 Å². The second-order valence-corrected chi connectivity index (χ2v) is 6.20. The zero-order chi connectivity index (χ0) is 14.8. The largest absolute Gasteiger partial charge is 0.511 e. The van der Waals surface area contributed by atoms with Crippen LogP contribution in [-0.2, 0) is 20.0 Å². The normalized spacial score (nSPS) is 14.8. The van der Waals surface area contributed by atoms with Crippen LogP contribution in [0.25, 0.3) is 0 Å². The first-order valence-electron chi connectivity index (χ1n) is 3.82. The van der Waals surface area contributed by atoms with E-state index in [0.29, 0.717) is 0 Å². The van der Waals surface area contributed by atoms with Gasteiger partial charge in [-0.2, -0.15) is 26.3 Å². The molecule has 0 rings (SSSR count). The highest BCUT2D eigenvalue weighted by Gasteiger charge is 2.47. The van der Waals surface area contributed by atoms with Crippen LogP contribution in [0.15, 0.2) is 0 Å². The molecule has 0 aromatic heterocycles. The molecule has 2 N–H and O–H groups in total. The second-order valence-electron chi connectivity index (χ2n) is 2.69. The molecule has 0 atom stereocenters. The monoisotopic (exact) mass is 324 g/mol. The highest BCUT2D eigenvalue weighted by Crippen LogP contribution is 2.22. The summed E-state index contributed by atoms with van der Waals surface area (Å²) in [6.45, 7) is -2.37. The molecule has 0 fully saturated rings. The fraction of sp³-hybridized carbons (Fsp3) is 1.00. The molecule has 0 spiro atoms. The van der Waals surface area contributed by atoms with Crippen LogP contribution < -0.4 is 9.44 Å². The lowest BCUT2D eigenvalue weighted by atomic mass is 10.7. The number of sulfonamides is 2. The van der Waals surface area contributed by atoms with E-state index in [2.05, 4.69) is 0 Å². The molecule has 0 aliphatic carbocycles. The van der Waals surface area contributed by atoms with Gasteiger partial charge in [0.25, 0.3) is 0 Å². The molecule has 110 valence electrons. The molecule has 0 saturated carbocycles. The van der Waals surface area contributed by atoms with E-state index in [9.17, 15) is 43.2 Å². The Labute approximate surface area is 97.4 Å². The van der Waals surface area contributed by atoms with Gasteiger partial charge in [-0.1, -0.05) is 0 Å². The Morgan fingerprint density at radius 2 is 0.889 bits per heavy atom. The number of alkyl halides is 6. The average molecular weight is 324 g/mol. The molecule has 0 aliphatic rings. The van der Waals surface area contributed by atoms with E-state index in [1.54, 1.807) is 0 Å². The molecule has 0 aliphatic heterocycles. The highest BCUT2D eigenvalue weighted by molar-refractivity contribution is 7.90. The van der Waals surface area contributed by atoms with Gasteiger partial charge in [-0.25, -0.2) is 26.3 Å². The lowest BCUT2D eigenvalue weighted by Crippen LogP contribution is -2.43. The van der Waals surface area contributed by atoms with E-state index >= 15 is 0 Å². The van der Waals surface area contributed by atoms with Crippen molar-refractivity contribution in [1.82, 2.24) is 9.44 Å². The highest BCUT2D eigenvalue weighted by atomic mass is 32.2. The number of hydrogen-bond donors (Lipinski definition) is 2. The summed E-state index contributed by atoms with van der Waals surface area (Å²) >= 11 is 0. The SMILES string of the molecule is O=S(=O)(NCCNS(=O)(=O)C(F)(F)F)C(F)(F)F. The van der Waals surface area contributed by atoms with Crippen LogP contribution in [0.2, 0.25) is 0 Å². The standard InChI is InChI=1S/C4H6F6N2O4S2/c5-3(6,7)17(13,14)11-1-2-12-18(15,16)4(8,9)10/h11-12H,1-2H2. The Morgan fingerprint density at radius 1 is 0.667 bits per heavy atom.